The van der Waals surface area contributed by atoms with Crippen molar-refractivity contribution in [2.45, 2.75) is 51.6 Å². The summed E-state index contributed by atoms with van der Waals surface area (Å²) in [6.45, 7) is 5.75. The number of primary amides is 1. The van der Waals surface area contributed by atoms with E-state index in [0.29, 0.717) is 17.8 Å². The summed E-state index contributed by atoms with van der Waals surface area (Å²) >= 11 is 0. The number of aromatic nitrogens is 1. The second-order valence-electron chi connectivity index (χ2n) is 8.76. The van der Waals surface area contributed by atoms with Crippen LogP contribution >= 0.6 is 0 Å². The van der Waals surface area contributed by atoms with Crippen LogP contribution in [-0.2, 0) is 21.7 Å². The van der Waals surface area contributed by atoms with Crippen LogP contribution in [0.1, 0.15) is 45.1 Å². The van der Waals surface area contributed by atoms with E-state index in [-0.39, 0.29) is 19.0 Å². The number of rotatable bonds is 8. The van der Waals surface area contributed by atoms with Gasteiger partial charge in [0.05, 0.1) is 12.3 Å². The molecule has 2 aromatic carbocycles. The Morgan fingerprint density at radius 1 is 1.12 bits per heavy atom. The van der Waals surface area contributed by atoms with Crippen molar-refractivity contribution in [1.82, 2.24) is 14.8 Å². The van der Waals surface area contributed by atoms with Gasteiger partial charge in [-0.3, -0.25) is 9.69 Å². The van der Waals surface area contributed by atoms with Crippen LogP contribution in [0.3, 0.4) is 0 Å². The Bertz CT molecular complexity index is 1250. The molecule has 1 unspecified atom stereocenters. The van der Waals surface area contributed by atoms with Gasteiger partial charge in [0.2, 0.25) is 5.91 Å². The Morgan fingerprint density at radius 2 is 1.88 bits per heavy atom. The second kappa shape index (κ2) is 9.75. The predicted octanol–water partition coefficient (Wildman–Crippen LogP) is 4.10. The van der Waals surface area contributed by atoms with E-state index in [2.05, 4.69) is 41.0 Å². The van der Waals surface area contributed by atoms with Crippen LogP contribution in [0.2, 0.25) is 0 Å². The van der Waals surface area contributed by atoms with Gasteiger partial charge in [-0.05, 0) is 37.1 Å². The molecule has 1 atom stereocenters. The van der Waals surface area contributed by atoms with Gasteiger partial charge in [-0.2, -0.15) is 0 Å². The molecule has 1 aliphatic rings. The molecule has 3 aromatic rings. The first-order valence-corrected chi connectivity index (χ1v) is 11.9. The number of fused-ring (bicyclic) bond motifs is 3. The van der Waals surface area contributed by atoms with Crippen molar-refractivity contribution in [3.05, 3.63) is 48.0 Å². The lowest BCUT2D eigenvalue weighted by molar-refractivity contribution is -0.127. The normalized spacial score (nSPS) is 19.3. The van der Waals surface area contributed by atoms with Crippen LogP contribution in [0.5, 0.6) is 0 Å². The number of hydrogen-bond donors (Lipinski definition) is 2. The molecule has 1 aromatic heterocycles. The number of aryl methyl sites for hydroxylation is 1. The molecule has 4 rings (SSSR count). The second-order valence-corrected chi connectivity index (χ2v) is 8.76. The topological polar surface area (TPSA) is 102 Å². The highest BCUT2D eigenvalue weighted by atomic mass is 16.6. The lowest BCUT2D eigenvalue weighted by atomic mass is 9.85. The van der Waals surface area contributed by atoms with Crippen molar-refractivity contribution in [1.29, 1.82) is 0 Å². The molecule has 8 heteroatoms. The Balaban J connectivity index is 1.84. The Labute approximate surface area is 199 Å². The number of carbonyl (C=O) groups excluding carboxylic acids is 2. The van der Waals surface area contributed by atoms with Crippen LogP contribution < -0.4 is 11.1 Å². The molecule has 3 N–H and O–H groups in total. The maximum atomic E-state index is 13.3. The summed E-state index contributed by atoms with van der Waals surface area (Å²) in [5, 5.41) is 9.16. The fourth-order valence-corrected chi connectivity index (χ4v) is 5.14. The third kappa shape index (κ3) is 3.87. The summed E-state index contributed by atoms with van der Waals surface area (Å²) < 4.78 is 2.25. The molecule has 0 saturated carbocycles. The number of carbonyl (C=O) groups is 2. The number of nitrogens with two attached hydrogens (primary N) is 1. The SMILES string of the molecule is CCCCCNC(=O)N1CC(=NOC)CC1(C(N)=O)c1ccc2c(c1)c1ccccc1n2CC. The molecule has 0 bridgehead atoms. The van der Waals surface area contributed by atoms with Crippen LogP contribution in [0.4, 0.5) is 4.79 Å². The standard InChI is InChI=1S/C26H33N5O3/c1-4-6-9-14-28-25(33)31-17-19(29-34-3)16-26(31,24(27)32)18-12-13-23-21(15-18)20-10-7-8-11-22(20)30(23)5-2/h7-8,10-13,15H,4-6,9,14,16-17H2,1-3H3,(H2,27,32)(H,28,33). The molecule has 1 aliphatic heterocycles. The number of benzene rings is 2. The van der Waals surface area contributed by atoms with E-state index in [0.717, 1.165) is 47.6 Å². The summed E-state index contributed by atoms with van der Waals surface area (Å²) in [7, 11) is 1.46. The minimum atomic E-state index is -1.35. The van der Waals surface area contributed by atoms with E-state index < -0.39 is 11.4 Å². The van der Waals surface area contributed by atoms with Gasteiger partial charge in [0.1, 0.15) is 7.11 Å². The van der Waals surface area contributed by atoms with Crippen molar-refractivity contribution in [3.8, 4) is 0 Å². The number of para-hydroxylation sites is 1. The van der Waals surface area contributed by atoms with Gasteiger partial charge in [0.25, 0.3) is 0 Å². The van der Waals surface area contributed by atoms with Crippen molar-refractivity contribution in [2.24, 2.45) is 10.9 Å². The minimum Gasteiger partial charge on any atom is -0.399 e. The third-order valence-electron chi connectivity index (χ3n) is 6.76. The highest BCUT2D eigenvalue weighted by Crippen LogP contribution is 2.40. The van der Waals surface area contributed by atoms with E-state index in [1.165, 1.54) is 12.0 Å². The third-order valence-corrected chi connectivity index (χ3v) is 6.76. The van der Waals surface area contributed by atoms with Crippen molar-refractivity contribution in [3.63, 3.8) is 0 Å². The fourth-order valence-electron chi connectivity index (χ4n) is 5.14. The first-order chi connectivity index (χ1) is 16.5. The molecule has 1 saturated heterocycles. The average molecular weight is 464 g/mol. The number of hydrogen-bond acceptors (Lipinski definition) is 4. The van der Waals surface area contributed by atoms with Crippen LogP contribution in [0.25, 0.3) is 21.8 Å². The summed E-state index contributed by atoms with van der Waals surface area (Å²) in [5.74, 6) is -0.587. The van der Waals surface area contributed by atoms with E-state index in [9.17, 15) is 9.59 Å². The van der Waals surface area contributed by atoms with E-state index in [1.54, 1.807) is 0 Å². The molecular weight excluding hydrogens is 430 g/mol. The van der Waals surface area contributed by atoms with Crippen LogP contribution in [0.15, 0.2) is 47.6 Å². The van der Waals surface area contributed by atoms with Gasteiger partial charge < -0.3 is 20.5 Å². The quantitative estimate of drug-likeness (QED) is 0.388. The molecule has 34 heavy (non-hydrogen) atoms. The molecule has 0 radical (unpaired) electrons. The average Bonchev–Trinajstić information content (AvgIpc) is 3.38. The summed E-state index contributed by atoms with van der Waals surface area (Å²) in [4.78, 5) is 32.9. The van der Waals surface area contributed by atoms with Gasteiger partial charge in [0, 0.05) is 41.3 Å². The number of urea groups is 1. The highest BCUT2D eigenvalue weighted by Gasteiger charge is 2.53. The first-order valence-electron chi connectivity index (χ1n) is 11.9. The van der Waals surface area contributed by atoms with Crippen molar-refractivity contribution in [2.75, 3.05) is 20.2 Å². The molecular formula is C26H33N5O3. The van der Waals surface area contributed by atoms with Gasteiger partial charge in [-0.25, -0.2) is 4.79 Å². The summed E-state index contributed by atoms with van der Waals surface area (Å²) in [6, 6.07) is 13.8. The van der Waals surface area contributed by atoms with Gasteiger partial charge >= 0.3 is 6.03 Å². The maximum absolute atomic E-state index is 13.3. The van der Waals surface area contributed by atoms with Crippen molar-refractivity contribution >= 4 is 39.5 Å². The van der Waals surface area contributed by atoms with Crippen molar-refractivity contribution < 1.29 is 14.4 Å². The monoisotopic (exact) mass is 463 g/mol. The Morgan fingerprint density at radius 3 is 2.59 bits per heavy atom. The molecule has 2 heterocycles. The maximum Gasteiger partial charge on any atom is 0.318 e. The number of oxime groups is 1. The highest BCUT2D eigenvalue weighted by molar-refractivity contribution is 6.09. The van der Waals surface area contributed by atoms with Crippen LogP contribution in [-0.4, -0.2) is 47.3 Å². The lowest BCUT2D eigenvalue weighted by Crippen LogP contribution is -2.56. The zero-order chi connectivity index (χ0) is 24.3. The largest absolute Gasteiger partial charge is 0.399 e. The Hall–Kier alpha value is -3.55. The fraction of sp³-hybridized carbons (Fsp3) is 0.423. The Kier molecular flexibility index (Phi) is 6.77. The first kappa shape index (κ1) is 23.6. The van der Waals surface area contributed by atoms with Gasteiger partial charge in [0.15, 0.2) is 5.54 Å². The zero-order valence-corrected chi connectivity index (χ0v) is 20.1. The number of nitrogens with zero attached hydrogens (tertiary/aromatic N) is 3. The minimum absolute atomic E-state index is 0.172. The molecule has 0 aliphatic carbocycles. The smallest absolute Gasteiger partial charge is 0.318 e. The lowest BCUT2D eigenvalue weighted by Gasteiger charge is -2.35. The number of likely N-dealkylation sites (tertiary alicyclic amines) is 1. The zero-order valence-electron chi connectivity index (χ0n) is 20.1. The van der Waals surface area contributed by atoms with Gasteiger partial charge in [-0.1, -0.05) is 49.2 Å². The summed E-state index contributed by atoms with van der Waals surface area (Å²) in [5.41, 5.74) is 8.18. The predicted molar refractivity (Wildman–Crippen MR) is 135 cm³/mol. The molecule has 3 amide bonds. The number of amides is 3. The van der Waals surface area contributed by atoms with E-state index in [1.807, 2.05) is 30.3 Å². The molecule has 180 valence electrons. The van der Waals surface area contributed by atoms with E-state index >= 15 is 0 Å². The van der Waals surface area contributed by atoms with E-state index in [4.69, 9.17) is 10.6 Å². The molecule has 0 spiro atoms. The number of nitrogens with one attached hydrogen (secondary N) is 1. The molecule has 1 fully saturated rings. The number of unbranched alkanes of at least 4 members (excludes halogenated alkanes) is 2. The van der Waals surface area contributed by atoms with Gasteiger partial charge in [-0.15, -0.1) is 0 Å². The summed E-state index contributed by atoms with van der Waals surface area (Å²) in [6.07, 6.45) is 3.15. The van der Waals surface area contributed by atoms with Crippen LogP contribution in [0, 0.1) is 0 Å². The molecule has 8 nitrogen and oxygen atoms in total.